The first-order valence-corrected chi connectivity index (χ1v) is 13.6. The van der Waals surface area contributed by atoms with Crippen LogP contribution in [0.5, 0.6) is 0 Å². The molecule has 6 saturated carbocycles. The predicted octanol–water partition coefficient (Wildman–Crippen LogP) is 7.36. The van der Waals surface area contributed by atoms with E-state index >= 15 is 0 Å². The highest BCUT2D eigenvalue weighted by atomic mass is 14.7. The quantitative estimate of drug-likeness (QED) is 0.414. The van der Waals surface area contributed by atoms with E-state index in [1.54, 1.807) is 0 Å². The minimum Gasteiger partial charge on any atom is -0.103 e. The van der Waals surface area contributed by atoms with Crippen LogP contribution in [0, 0.1) is 94.7 Å². The van der Waals surface area contributed by atoms with Gasteiger partial charge in [-0.15, -0.1) is 26.3 Å². The molecule has 8 aliphatic rings. The van der Waals surface area contributed by atoms with E-state index in [2.05, 4.69) is 74.9 Å². The number of rotatable bonds is 4. The normalized spacial score (nSPS) is 60.2. The molecule has 168 valence electrons. The van der Waals surface area contributed by atoms with Crippen LogP contribution in [0.2, 0.25) is 0 Å². The molecule has 4 bridgehead atoms. The van der Waals surface area contributed by atoms with Crippen molar-refractivity contribution < 1.29 is 0 Å². The summed E-state index contributed by atoms with van der Waals surface area (Å²) in [5.41, 5.74) is 0. The van der Waals surface area contributed by atoms with Crippen molar-refractivity contribution in [1.29, 1.82) is 0 Å². The Morgan fingerprint density at radius 1 is 0.375 bits per heavy atom. The summed E-state index contributed by atoms with van der Waals surface area (Å²) in [6, 6.07) is 0. The molecule has 8 aliphatic carbocycles. The molecule has 0 radical (unpaired) electrons. The van der Waals surface area contributed by atoms with Crippen molar-refractivity contribution in [2.24, 2.45) is 94.7 Å². The molecule has 4 atom stereocenters. The van der Waals surface area contributed by atoms with Crippen molar-refractivity contribution in [3.05, 3.63) is 74.9 Å². The number of fused-ring (bicyclic) bond motifs is 16. The molecule has 32 heavy (non-hydrogen) atoms. The van der Waals surface area contributed by atoms with Crippen LogP contribution in [0.15, 0.2) is 74.9 Å². The molecule has 0 amide bonds. The van der Waals surface area contributed by atoms with Crippen LogP contribution >= 0.6 is 0 Å². The maximum absolute atomic E-state index is 4.05. The van der Waals surface area contributed by atoms with Gasteiger partial charge in [-0.3, -0.25) is 0 Å². The molecule has 6 fully saturated rings. The fourth-order valence-corrected chi connectivity index (χ4v) is 11.3. The van der Waals surface area contributed by atoms with Crippen molar-refractivity contribution in [1.82, 2.24) is 0 Å². The Balaban J connectivity index is 0.000000115. The molecule has 0 heterocycles. The average Bonchev–Trinajstić information content (AvgIpc) is 3.60. The third-order valence-corrected chi connectivity index (χ3v) is 12.1. The first-order valence-electron chi connectivity index (χ1n) is 13.6. The number of hydrogen-bond acceptors (Lipinski definition) is 0. The van der Waals surface area contributed by atoms with Gasteiger partial charge in [0.1, 0.15) is 0 Å². The van der Waals surface area contributed by atoms with Gasteiger partial charge in [0.2, 0.25) is 0 Å². The molecule has 0 spiro atoms. The molecular weight excluding hydrogens is 384 g/mol. The average molecular weight is 425 g/mol. The van der Waals surface area contributed by atoms with Gasteiger partial charge in [-0.2, -0.15) is 0 Å². The molecule has 0 aromatic heterocycles. The Bertz CT molecular complexity index is 745. The van der Waals surface area contributed by atoms with Gasteiger partial charge in [0, 0.05) is 0 Å². The van der Waals surface area contributed by atoms with Crippen molar-refractivity contribution >= 4 is 0 Å². The third-order valence-electron chi connectivity index (χ3n) is 12.1. The summed E-state index contributed by atoms with van der Waals surface area (Å²) >= 11 is 0. The molecular formula is C32H40. The fourth-order valence-electron chi connectivity index (χ4n) is 11.3. The van der Waals surface area contributed by atoms with Crippen molar-refractivity contribution in [3.63, 3.8) is 0 Å². The predicted molar refractivity (Wildman–Crippen MR) is 133 cm³/mol. The van der Waals surface area contributed by atoms with Crippen LogP contribution < -0.4 is 0 Å². The van der Waals surface area contributed by atoms with Crippen molar-refractivity contribution in [3.8, 4) is 0 Å². The van der Waals surface area contributed by atoms with Crippen LogP contribution in [0.1, 0.15) is 25.7 Å². The molecule has 0 saturated heterocycles. The largest absolute Gasteiger partial charge is 0.103 e. The zero-order valence-corrected chi connectivity index (χ0v) is 19.5. The lowest BCUT2D eigenvalue weighted by atomic mass is 9.50. The lowest BCUT2D eigenvalue weighted by molar-refractivity contribution is -0.0372. The molecule has 0 aliphatic heterocycles. The highest BCUT2D eigenvalue weighted by Crippen LogP contribution is 2.73. The zero-order chi connectivity index (χ0) is 21.7. The van der Waals surface area contributed by atoms with Crippen molar-refractivity contribution in [2.75, 3.05) is 0 Å². The van der Waals surface area contributed by atoms with E-state index in [9.17, 15) is 0 Å². The summed E-state index contributed by atoms with van der Waals surface area (Å²) in [4.78, 5) is 0. The SMILES string of the molecule is C1=CC2CC1C1C2C2C3C=CC(C3)C12.C=CC1CC(C=C)C2C1C1C(C=C)CC(C=C)C21. The summed E-state index contributed by atoms with van der Waals surface area (Å²) in [6.07, 6.45) is 24.5. The topological polar surface area (TPSA) is 0 Å². The molecule has 0 N–H and O–H groups in total. The Kier molecular flexibility index (Phi) is 4.33. The second-order valence-corrected chi connectivity index (χ2v) is 12.6. The van der Waals surface area contributed by atoms with Gasteiger partial charge in [0.15, 0.2) is 0 Å². The lowest BCUT2D eigenvalue weighted by Crippen LogP contribution is -2.50. The smallest absolute Gasteiger partial charge is 0.0193 e. The standard InChI is InChI=1S/C18H24.C14H16/c1-5-11-9-12(6-2)16-15(11)17-13(7-3)10-14(8-4)18(16)17;1-2-8-5-7(1)11-12(8)14-10-4-3-9(6-10)13(11)14/h5-8,11-18H,1-4,9-10H2;1-4,7-14H,5-6H2. The van der Waals surface area contributed by atoms with Gasteiger partial charge in [-0.25, -0.2) is 0 Å². The van der Waals surface area contributed by atoms with E-state index in [0.717, 1.165) is 71.0 Å². The van der Waals surface area contributed by atoms with Gasteiger partial charge in [0.05, 0.1) is 0 Å². The molecule has 4 unspecified atom stereocenters. The van der Waals surface area contributed by atoms with Crippen LogP contribution in [0.3, 0.4) is 0 Å². The summed E-state index contributed by atoms with van der Waals surface area (Å²) in [7, 11) is 0. The molecule has 0 aromatic rings. The highest BCUT2D eigenvalue weighted by molar-refractivity contribution is 5.29. The second kappa shape index (κ2) is 6.97. The summed E-state index contributed by atoms with van der Waals surface area (Å²) in [5.74, 6) is 14.6. The first kappa shape index (κ1) is 19.9. The molecule has 0 aromatic carbocycles. The Labute approximate surface area is 195 Å². The second-order valence-electron chi connectivity index (χ2n) is 12.6. The summed E-state index contributed by atoms with van der Waals surface area (Å²) in [6.45, 7) is 16.2. The van der Waals surface area contributed by atoms with E-state index in [0.29, 0.717) is 23.7 Å². The fraction of sp³-hybridized carbons (Fsp3) is 0.625. The molecule has 0 heteroatoms. The highest BCUT2D eigenvalue weighted by Gasteiger charge is 2.67. The lowest BCUT2D eigenvalue weighted by Gasteiger charge is -2.54. The minimum absolute atomic E-state index is 0.699. The van der Waals surface area contributed by atoms with E-state index < -0.39 is 0 Å². The number of allylic oxidation sites excluding steroid dienone is 8. The van der Waals surface area contributed by atoms with E-state index in [1.807, 2.05) is 0 Å². The van der Waals surface area contributed by atoms with Crippen LogP contribution in [-0.2, 0) is 0 Å². The summed E-state index contributed by atoms with van der Waals surface area (Å²) < 4.78 is 0. The van der Waals surface area contributed by atoms with Crippen LogP contribution in [0.25, 0.3) is 0 Å². The van der Waals surface area contributed by atoms with Gasteiger partial charge in [0.25, 0.3) is 0 Å². The van der Waals surface area contributed by atoms with Gasteiger partial charge in [-0.1, -0.05) is 48.6 Å². The number of hydrogen-bond donors (Lipinski definition) is 0. The molecule has 8 rings (SSSR count). The van der Waals surface area contributed by atoms with Crippen molar-refractivity contribution in [2.45, 2.75) is 25.7 Å². The minimum atomic E-state index is 0.699. The van der Waals surface area contributed by atoms with E-state index in [1.165, 1.54) is 25.7 Å². The Morgan fingerprint density at radius 2 is 0.625 bits per heavy atom. The van der Waals surface area contributed by atoms with Gasteiger partial charge >= 0.3 is 0 Å². The van der Waals surface area contributed by atoms with Gasteiger partial charge < -0.3 is 0 Å². The van der Waals surface area contributed by atoms with Gasteiger partial charge in [-0.05, 0) is 120 Å². The third kappa shape index (κ3) is 2.30. The zero-order valence-electron chi connectivity index (χ0n) is 19.5. The Hall–Kier alpha value is -1.56. The summed E-state index contributed by atoms with van der Waals surface area (Å²) in [5, 5.41) is 0. The Morgan fingerprint density at radius 3 is 0.844 bits per heavy atom. The maximum Gasteiger partial charge on any atom is -0.0193 e. The first-order chi connectivity index (χ1) is 15.7. The molecule has 0 nitrogen and oxygen atoms in total. The van der Waals surface area contributed by atoms with Crippen LogP contribution in [0.4, 0.5) is 0 Å². The maximum atomic E-state index is 4.05. The van der Waals surface area contributed by atoms with E-state index in [4.69, 9.17) is 0 Å². The monoisotopic (exact) mass is 424 g/mol. The van der Waals surface area contributed by atoms with E-state index in [-0.39, 0.29) is 0 Å². The van der Waals surface area contributed by atoms with Crippen LogP contribution in [-0.4, -0.2) is 0 Å².